The molecule has 4 fully saturated rings. The minimum atomic E-state index is -0.175. The molecule has 0 saturated heterocycles. The van der Waals surface area contributed by atoms with Gasteiger partial charge in [0, 0.05) is 11.6 Å². The molecule has 24 heavy (non-hydrogen) atoms. The maximum absolute atomic E-state index is 12.4. The Morgan fingerprint density at radius 3 is 2.42 bits per heavy atom. The van der Waals surface area contributed by atoms with Crippen molar-refractivity contribution in [2.75, 3.05) is 19.0 Å². The Hall–Kier alpha value is -1.42. The minimum Gasteiger partial charge on any atom is -0.495 e. The molecular formula is C19H25ClN2O2. The third-order valence-electron chi connectivity index (χ3n) is 6.20. The van der Waals surface area contributed by atoms with Crippen LogP contribution in [0.15, 0.2) is 18.2 Å². The van der Waals surface area contributed by atoms with Crippen LogP contribution in [0.3, 0.4) is 0 Å². The Kier molecular flexibility index (Phi) is 4.11. The van der Waals surface area contributed by atoms with Crippen molar-refractivity contribution in [1.29, 1.82) is 0 Å². The van der Waals surface area contributed by atoms with Gasteiger partial charge in [0.05, 0.1) is 12.8 Å². The largest absolute Gasteiger partial charge is 0.495 e. The molecule has 0 heterocycles. The van der Waals surface area contributed by atoms with Gasteiger partial charge in [0.15, 0.2) is 0 Å². The number of urea groups is 1. The van der Waals surface area contributed by atoms with Crippen molar-refractivity contribution in [3.8, 4) is 5.75 Å². The minimum absolute atomic E-state index is 0.175. The van der Waals surface area contributed by atoms with Crippen LogP contribution in [0.1, 0.15) is 38.5 Å². The van der Waals surface area contributed by atoms with Gasteiger partial charge in [-0.2, -0.15) is 0 Å². The topological polar surface area (TPSA) is 50.4 Å². The molecular weight excluding hydrogens is 324 g/mol. The fourth-order valence-corrected chi connectivity index (χ4v) is 5.89. The molecule has 0 aliphatic heterocycles. The first-order chi connectivity index (χ1) is 11.5. The molecule has 0 atom stereocenters. The number of nitrogens with one attached hydrogen (secondary N) is 2. The Morgan fingerprint density at radius 2 is 1.83 bits per heavy atom. The third-order valence-corrected chi connectivity index (χ3v) is 6.43. The predicted molar refractivity (Wildman–Crippen MR) is 95.6 cm³/mol. The molecule has 0 radical (unpaired) electrons. The summed E-state index contributed by atoms with van der Waals surface area (Å²) >= 11 is 6.02. The zero-order valence-electron chi connectivity index (χ0n) is 14.1. The van der Waals surface area contributed by atoms with E-state index in [4.69, 9.17) is 16.3 Å². The molecule has 1 aromatic rings. The first kappa shape index (κ1) is 16.1. The van der Waals surface area contributed by atoms with E-state index < -0.39 is 0 Å². The maximum Gasteiger partial charge on any atom is 0.319 e. The highest BCUT2D eigenvalue weighted by Crippen LogP contribution is 2.59. The van der Waals surface area contributed by atoms with Crippen LogP contribution in [0.5, 0.6) is 5.75 Å². The highest BCUT2D eigenvalue weighted by molar-refractivity contribution is 6.31. The zero-order chi connectivity index (χ0) is 16.7. The molecule has 4 nitrogen and oxygen atoms in total. The normalized spacial score (nSPS) is 33.3. The van der Waals surface area contributed by atoms with Gasteiger partial charge in [-0.25, -0.2) is 4.79 Å². The maximum atomic E-state index is 12.4. The molecule has 4 aliphatic carbocycles. The van der Waals surface area contributed by atoms with E-state index in [1.54, 1.807) is 25.3 Å². The summed E-state index contributed by atoms with van der Waals surface area (Å²) in [6.07, 6.45) is 8.14. The highest BCUT2D eigenvalue weighted by atomic mass is 35.5. The van der Waals surface area contributed by atoms with Gasteiger partial charge in [0.25, 0.3) is 0 Å². The van der Waals surface area contributed by atoms with E-state index in [1.165, 1.54) is 38.5 Å². The summed E-state index contributed by atoms with van der Waals surface area (Å²) in [4.78, 5) is 12.4. The number of hydrogen-bond donors (Lipinski definition) is 2. The quantitative estimate of drug-likeness (QED) is 0.829. The van der Waals surface area contributed by atoms with Crippen LogP contribution in [-0.4, -0.2) is 19.7 Å². The van der Waals surface area contributed by atoms with Gasteiger partial charge >= 0.3 is 6.03 Å². The Labute approximate surface area is 148 Å². The van der Waals surface area contributed by atoms with Crippen LogP contribution in [-0.2, 0) is 0 Å². The van der Waals surface area contributed by atoms with Crippen molar-refractivity contribution in [3.05, 3.63) is 23.2 Å². The molecule has 1 aromatic carbocycles. The van der Waals surface area contributed by atoms with E-state index in [2.05, 4.69) is 10.6 Å². The molecule has 5 heteroatoms. The number of carbonyl (C=O) groups is 1. The lowest BCUT2D eigenvalue weighted by atomic mass is 9.49. The Bertz CT molecular complexity index is 611. The van der Waals surface area contributed by atoms with Crippen molar-refractivity contribution in [2.45, 2.75) is 38.5 Å². The summed E-state index contributed by atoms with van der Waals surface area (Å²) in [5.74, 6) is 3.31. The standard InChI is InChI=1S/C19H25ClN2O2/c1-24-17-3-2-15(20)7-16(17)22-18(23)21-11-19-8-12-4-13(9-19)6-14(5-12)10-19/h2-3,7,12-14H,4-6,8-11H2,1H3,(H2,21,22,23). The molecule has 2 amide bonds. The second-order valence-corrected chi connectivity index (χ2v) is 8.51. The fourth-order valence-electron chi connectivity index (χ4n) is 5.72. The van der Waals surface area contributed by atoms with E-state index in [0.29, 0.717) is 21.9 Å². The van der Waals surface area contributed by atoms with Crippen molar-refractivity contribution >= 4 is 23.3 Å². The first-order valence-corrected chi connectivity index (χ1v) is 9.31. The highest BCUT2D eigenvalue weighted by Gasteiger charge is 2.50. The molecule has 5 rings (SSSR count). The van der Waals surface area contributed by atoms with Gasteiger partial charge in [-0.05, 0) is 79.9 Å². The van der Waals surface area contributed by atoms with Crippen molar-refractivity contribution < 1.29 is 9.53 Å². The zero-order valence-corrected chi connectivity index (χ0v) is 14.9. The number of benzene rings is 1. The number of rotatable bonds is 4. The molecule has 0 aromatic heterocycles. The monoisotopic (exact) mass is 348 g/mol. The average molecular weight is 349 g/mol. The van der Waals surface area contributed by atoms with Crippen LogP contribution >= 0.6 is 11.6 Å². The van der Waals surface area contributed by atoms with Crippen LogP contribution in [0.2, 0.25) is 5.02 Å². The predicted octanol–water partition coefficient (Wildman–Crippen LogP) is 4.69. The lowest BCUT2D eigenvalue weighted by molar-refractivity contribution is -0.0496. The summed E-state index contributed by atoms with van der Waals surface area (Å²) in [7, 11) is 1.59. The fraction of sp³-hybridized carbons (Fsp3) is 0.632. The van der Waals surface area contributed by atoms with E-state index in [9.17, 15) is 4.79 Å². The average Bonchev–Trinajstić information content (AvgIpc) is 2.52. The Morgan fingerprint density at radius 1 is 1.21 bits per heavy atom. The van der Waals surface area contributed by atoms with Crippen LogP contribution in [0.25, 0.3) is 0 Å². The SMILES string of the molecule is COc1ccc(Cl)cc1NC(=O)NCC12CC3CC(CC(C3)C1)C2. The van der Waals surface area contributed by atoms with Crippen LogP contribution in [0.4, 0.5) is 10.5 Å². The summed E-state index contributed by atoms with van der Waals surface area (Å²) < 4.78 is 5.28. The van der Waals surface area contributed by atoms with Crippen molar-refractivity contribution in [3.63, 3.8) is 0 Å². The van der Waals surface area contributed by atoms with Gasteiger partial charge in [-0.3, -0.25) is 0 Å². The third kappa shape index (κ3) is 3.08. The van der Waals surface area contributed by atoms with E-state index >= 15 is 0 Å². The van der Waals surface area contributed by atoms with Gasteiger partial charge in [0.1, 0.15) is 5.75 Å². The number of halogens is 1. The van der Waals surface area contributed by atoms with Gasteiger partial charge in [-0.1, -0.05) is 11.6 Å². The lowest BCUT2D eigenvalue weighted by Crippen LogP contribution is -2.51. The Balaban J connectivity index is 1.38. The van der Waals surface area contributed by atoms with Crippen LogP contribution in [0, 0.1) is 23.2 Å². The number of carbonyl (C=O) groups excluding carboxylic acids is 1. The summed E-state index contributed by atoms with van der Waals surface area (Å²) in [5.41, 5.74) is 0.942. The lowest BCUT2D eigenvalue weighted by Gasteiger charge is -2.56. The van der Waals surface area contributed by atoms with E-state index in [-0.39, 0.29) is 6.03 Å². The molecule has 4 bridgehead atoms. The van der Waals surface area contributed by atoms with Crippen LogP contribution < -0.4 is 15.4 Å². The first-order valence-electron chi connectivity index (χ1n) is 8.94. The van der Waals surface area contributed by atoms with Gasteiger partial charge in [0.2, 0.25) is 0 Å². The molecule has 2 N–H and O–H groups in total. The second kappa shape index (κ2) is 6.14. The number of amides is 2. The molecule has 4 aliphatic rings. The van der Waals surface area contributed by atoms with Crippen molar-refractivity contribution in [1.82, 2.24) is 5.32 Å². The number of methoxy groups -OCH3 is 1. The summed E-state index contributed by atoms with van der Waals surface area (Å²) in [6, 6.07) is 5.05. The summed E-state index contributed by atoms with van der Waals surface area (Å²) in [6.45, 7) is 0.783. The number of anilines is 1. The van der Waals surface area contributed by atoms with Crippen molar-refractivity contribution in [2.24, 2.45) is 23.2 Å². The molecule has 0 spiro atoms. The molecule has 130 valence electrons. The summed E-state index contributed by atoms with van der Waals surface area (Å²) in [5, 5.41) is 6.56. The van der Waals surface area contributed by atoms with Gasteiger partial charge < -0.3 is 15.4 Å². The smallest absolute Gasteiger partial charge is 0.319 e. The number of hydrogen-bond acceptors (Lipinski definition) is 2. The molecule has 0 unspecified atom stereocenters. The van der Waals surface area contributed by atoms with E-state index in [1.807, 2.05) is 0 Å². The van der Waals surface area contributed by atoms with E-state index in [0.717, 1.165) is 24.3 Å². The number of ether oxygens (including phenoxy) is 1. The van der Waals surface area contributed by atoms with Gasteiger partial charge in [-0.15, -0.1) is 0 Å². The molecule has 4 saturated carbocycles. The second-order valence-electron chi connectivity index (χ2n) is 8.07.